The molecule has 0 aliphatic carbocycles. The number of ether oxygens (including phenoxy) is 3. The molecular formula is C21H26N2O3. The van der Waals surface area contributed by atoms with Crippen molar-refractivity contribution in [1.29, 1.82) is 0 Å². The van der Waals surface area contributed by atoms with Crippen molar-refractivity contribution in [3.05, 3.63) is 53.6 Å². The minimum Gasteiger partial charge on any atom is -0.493 e. The molecule has 2 aromatic carbocycles. The Morgan fingerprint density at radius 2 is 1.92 bits per heavy atom. The average molecular weight is 354 g/mol. The molecular weight excluding hydrogens is 328 g/mol. The van der Waals surface area contributed by atoms with Crippen LogP contribution in [0.2, 0.25) is 0 Å². The molecule has 138 valence electrons. The molecule has 26 heavy (non-hydrogen) atoms. The molecule has 1 atom stereocenters. The van der Waals surface area contributed by atoms with Crippen molar-refractivity contribution < 1.29 is 14.2 Å². The van der Waals surface area contributed by atoms with E-state index in [1.54, 1.807) is 7.11 Å². The highest BCUT2D eigenvalue weighted by molar-refractivity contribution is 5.55. The van der Waals surface area contributed by atoms with Crippen LogP contribution in [-0.4, -0.2) is 38.4 Å². The van der Waals surface area contributed by atoms with Crippen LogP contribution in [0.1, 0.15) is 30.0 Å². The first-order chi connectivity index (χ1) is 12.8. The van der Waals surface area contributed by atoms with Crippen LogP contribution in [0.3, 0.4) is 0 Å². The van der Waals surface area contributed by atoms with Gasteiger partial charge in [-0.05, 0) is 49.2 Å². The Hall–Kier alpha value is -2.24. The summed E-state index contributed by atoms with van der Waals surface area (Å²) in [5.41, 5.74) is 2.52. The molecule has 0 spiro atoms. The quantitative estimate of drug-likeness (QED) is 0.826. The Labute approximate surface area is 154 Å². The van der Waals surface area contributed by atoms with Crippen LogP contribution >= 0.6 is 0 Å². The normalized spacial score (nSPS) is 17.4. The van der Waals surface area contributed by atoms with Crippen LogP contribution in [0.4, 0.5) is 0 Å². The smallest absolute Gasteiger partial charge is 0.231 e. The van der Waals surface area contributed by atoms with Crippen molar-refractivity contribution >= 4 is 0 Å². The minimum atomic E-state index is 0.258. The zero-order valence-electron chi connectivity index (χ0n) is 15.2. The molecule has 5 heteroatoms. The van der Waals surface area contributed by atoms with E-state index in [4.69, 9.17) is 14.2 Å². The Morgan fingerprint density at radius 1 is 1.12 bits per heavy atom. The van der Waals surface area contributed by atoms with E-state index in [9.17, 15) is 0 Å². The first kappa shape index (κ1) is 17.2. The molecule has 1 fully saturated rings. The maximum atomic E-state index is 5.52. The van der Waals surface area contributed by atoms with Crippen LogP contribution in [0.15, 0.2) is 42.5 Å². The lowest BCUT2D eigenvalue weighted by Crippen LogP contribution is -2.34. The first-order valence-electron chi connectivity index (χ1n) is 9.31. The van der Waals surface area contributed by atoms with E-state index in [-0.39, 0.29) is 6.79 Å². The summed E-state index contributed by atoms with van der Waals surface area (Å²) in [5, 5.41) is 3.63. The molecule has 4 rings (SSSR count). The van der Waals surface area contributed by atoms with E-state index in [1.165, 1.54) is 31.5 Å². The van der Waals surface area contributed by atoms with Crippen LogP contribution in [0.25, 0.3) is 0 Å². The maximum Gasteiger partial charge on any atom is 0.231 e. The summed E-state index contributed by atoms with van der Waals surface area (Å²) in [6, 6.07) is 15.3. The number of nitrogens with one attached hydrogen (secondary N) is 1. The molecule has 2 aromatic rings. The summed E-state index contributed by atoms with van der Waals surface area (Å²) in [7, 11) is 1.66. The van der Waals surface area contributed by atoms with E-state index >= 15 is 0 Å². The summed E-state index contributed by atoms with van der Waals surface area (Å²) in [4.78, 5) is 2.59. The van der Waals surface area contributed by atoms with Gasteiger partial charge in [0.25, 0.3) is 0 Å². The van der Waals surface area contributed by atoms with Gasteiger partial charge in [0.1, 0.15) is 0 Å². The van der Waals surface area contributed by atoms with E-state index < -0.39 is 0 Å². The predicted molar refractivity (Wildman–Crippen MR) is 101 cm³/mol. The minimum absolute atomic E-state index is 0.258. The molecule has 0 aromatic heterocycles. The van der Waals surface area contributed by atoms with Gasteiger partial charge < -0.3 is 19.5 Å². The van der Waals surface area contributed by atoms with Crippen molar-refractivity contribution in [2.75, 3.05) is 33.5 Å². The lowest BCUT2D eigenvalue weighted by Gasteiger charge is -2.28. The molecule has 2 aliphatic rings. The largest absolute Gasteiger partial charge is 0.493 e. The van der Waals surface area contributed by atoms with Gasteiger partial charge >= 0.3 is 0 Å². The highest BCUT2D eigenvalue weighted by Gasteiger charge is 2.23. The van der Waals surface area contributed by atoms with Crippen LogP contribution in [-0.2, 0) is 6.54 Å². The fourth-order valence-electron chi connectivity index (χ4n) is 3.83. The van der Waals surface area contributed by atoms with Gasteiger partial charge in [0.2, 0.25) is 12.5 Å². The number of hydrogen-bond acceptors (Lipinski definition) is 5. The van der Waals surface area contributed by atoms with Crippen LogP contribution in [0.5, 0.6) is 17.2 Å². The maximum absolute atomic E-state index is 5.52. The van der Waals surface area contributed by atoms with Gasteiger partial charge in [-0.1, -0.05) is 30.3 Å². The zero-order chi connectivity index (χ0) is 17.8. The molecule has 2 heterocycles. The van der Waals surface area contributed by atoms with Gasteiger partial charge in [-0.25, -0.2) is 0 Å². The number of fused-ring (bicyclic) bond motifs is 1. The van der Waals surface area contributed by atoms with Crippen LogP contribution in [0, 0.1) is 0 Å². The zero-order valence-corrected chi connectivity index (χ0v) is 15.2. The van der Waals surface area contributed by atoms with Crippen molar-refractivity contribution in [3.63, 3.8) is 0 Å². The molecule has 0 saturated carbocycles. The molecule has 0 radical (unpaired) electrons. The highest BCUT2D eigenvalue weighted by atomic mass is 16.7. The fourth-order valence-corrected chi connectivity index (χ4v) is 3.83. The van der Waals surface area contributed by atoms with E-state index in [0.29, 0.717) is 11.8 Å². The van der Waals surface area contributed by atoms with Crippen molar-refractivity contribution in [3.8, 4) is 17.2 Å². The Bertz CT molecular complexity index is 730. The van der Waals surface area contributed by atoms with E-state index in [0.717, 1.165) is 30.2 Å². The molecule has 2 aliphatic heterocycles. The molecule has 5 nitrogen and oxygen atoms in total. The monoisotopic (exact) mass is 354 g/mol. The van der Waals surface area contributed by atoms with Gasteiger partial charge in [-0.3, -0.25) is 4.90 Å². The average Bonchev–Trinajstić information content (AvgIpc) is 3.37. The molecule has 1 N–H and O–H groups in total. The van der Waals surface area contributed by atoms with Gasteiger partial charge in [-0.15, -0.1) is 0 Å². The van der Waals surface area contributed by atoms with Gasteiger partial charge in [0.05, 0.1) is 7.11 Å². The second kappa shape index (κ2) is 7.98. The topological polar surface area (TPSA) is 43.0 Å². The Balaban J connectivity index is 1.43. The summed E-state index contributed by atoms with van der Waals surface area (Å²) >= 11 is 0. The summed E-state index contributed by atoms with van der Waals surface area (Å²) in [6.45, 7) is 4.30. The third-order valence-electron chi connectivity index (χ3n) is 5.15. The lowest BCUT2D eigenvalue weighted by molar-refractivity contribution is 0.171. The Morgan fingerprint density at radius 3 is 2.69 bits per heavy atom. The third kappa shape index (κ3) is 3.64. The van der Waals surface area contributed by atoms with Crippen molar-refractivity contribution in [2.45, 2.75) is 25.4 Å². The number of hydrogen-bond donors (Lipinski definition) is 1. The summed E-state index contributed by atoms with van der Waals surface area (Å²) in [6.07, 6.45) is 2.59. The van der Waals surface area contributed by atoms with E-state index in [1.807, 2.05) is 12.1 Å². The predicted octanol–water partition coefficient (Wildman–Crippen LogP) is 3.35. The molecule has 0 bridgehead atoms. The second-order valence-electron chi connectivity index (χ2n) is 6.83. The molecule has 1 unspecified atom stereocenters. The van der Waals surface area contributed by atoms with E-state index in [2.05, 4.69) is 40.5 Å². The SMILES string of the molecule is COc1cc(CNCC(c2ccccc2)N2CCCC2)cc2c1OCO2. The number of methoxy groups -OCH3 is 1. The second-order valence-corrected chi connectivity index (χ2v) is 6.83. The Kier molecular flexibility index (Phi) is 5.27. The number of nitrogens with zero attached hydrogens (tertiary/aromatic N) is 1. The van der Waals surface area contributed by atoms with Gasteiger partial charge in [-0.2, -0.15) is 0 Å². The lowest BCUT2D eigenvalue weighted by atomic mass is 10.1. The fraction of sp³-hybridized carbons (Fsp3) is 0.429. The third-order valence-corrected chi connectivity index (χ3v) is 5.15. The van der Waals surface area contributed by atoms with Crippen molar-refractivity contribution in [1.82, 2.24) is 10.2 Å². The summed E-state index contributed by atoms with van der Waals surface area (Å²) < 4.78 is 16.4. The standard InChI is InChI=1S/C21H26N2O3/c1-24-19-11-16(12-20-21(19)26-15-25-20)13-22-14-18(23-9-5-6-10-23)17-7-3-2-4-8-17/h2-4,7-8,11-12,18,22H,5-6,9-10,13-15H2,1H3. The number of likely N-dealkylation sites (tertiary alicyclic amines) is 1. The van der Waals surface area contributed by atoms with Crippen molar-refractivity contribution in [2.24, 2.45) is 0 Å². The van der Waals surface area contributed by atoms with Gasteiger partial charge in [0, 0.05) is 19.1 Å². The highest BCUT2D eigenvalue weighted by Crippen LogP contribution is 2.41. The van der Waals surface area contributed by atoms with Crippen LogP contribution < -0.4 is 19.5 Å². The van der Waals surface area contributed by atoms with Gasteiger partial charge in [0.15, 0.2) is 11.5 Å². The molecule has 1 saturated heterocycles. The number of benzene rings is 2. The molecule has 0 amide bonds. The number of rotatable bonds is 7. The first-order valence-corrected chi connectivity index (χ1v) is 9.31. The summed E-state index contributed by atoms with van der Waals surface area (Å²) in [5.74, 6) is 2.20.